The van der Waals surface area contributed by atoms with Gasteiger partial charge < -0.3 is 5.73 Å². The molecule has 0 spiro atoms. The fourth-order valence-electron chi connectivity index (χ4n) is 1.41. The Hall–Kier alpha value is -0.380. The maximum atomic E-state index is 5.75. The molecule has 0 unspecified atom stereocenters. The van der Waals surface area contributed by atoms with Crippen LogP contribution in [0.25, 0.3) is 0 Å². The van der Waals surface area contributed by atoms with E-state index in [1.54, 1.807) is 0 Å². The highest BCUT2D eigenvalue weighted by molar-refractivity contribution is 9.10. The molecule has 2 N–H and O–H groups in total. The molecule has 0 bridgehead atoms. The van der Waals surface area contributed by atoms with Crippen molar-refractivity contribution >= 4 is 15.9 Å². The van der Waals surface area contributed by atoms with Crippen LogP contribution in [-0.4, -0.2) is 30.6 Å². The van der Waals surface area contributed by atoms with Gasteiger partial charge in [0.15, 0.2) is 0 Å². The average molecular weight is 285 g/mol. The van der Waals surface area contributed by atoms with Gasteiger partial charge in [-0.2, -0.15) is 0 Å². The van der Waals surface area contributed by atoms with Gasteiger partial charge in [-0.1, -0.05) is 28.1 Å². The zero-order valence-electron chi connectivity index (χ0n) is 10.3. The maximum Gasteiger partial charge on any atom is 0.0272 e. The van der Waals surface area contributed by atoms with Crippen LogP contribution in [0.15, 0.2) is 28.7 Å². The van der Waals surface area contributed by atoms with Crippen molar-refractivity contribution in [3.63, 3.8) is 0 Å². The van der Waals surface area contributed by atoms with Gasteiger partial charge in [0.2, 0.25) is 0 Å². The summed E-state index contributed by atoms with van der Waals surface area (Å²) in [5.74, 6) is 0. The highest BCUT2D eigenvalue weighted by Crippen LogP contribution is 2.13. The standard InChI is InChI=1S/C13H21BrN2/c1-13(2,10-15)16(3)9-8-11-4-6-12(14)7-5-11/h4-7H,8-10,15H2,1-3H3. The van der Waals surface area contributed by atoms with Crippen LogP contribution in [0.4, 0.5) is 0 Å². The van der Waals surface area contributed by atoms with E-state index in [1.807, 2.05) is 0 Å². The summed E-state index contributed by atoms with van der Waals surface area (Å²) < 4.78 is 1.13. The van der Waals surface area contributed by atoms with Crippen molar-refractivity contribution in [2.75, 3.05) is 20.1 Å². The molecule has 0 saturated heterocycles. The summed E-state index contributed by atoms with van der Waals surface area (Å²) in [6.07, 6.45) is 1.06. The van der Waals surface area contributed by atoms with Gasteiger partial charge in [-0.15, -0.1) is 0 Å². The topological polar surface area (TPSA) is 29.3 Å². The molecule has 16 heavy (non-hydrogen) atoms. The molecule has 1 aromatic carbocycles. The molecular weight excluding hydrogens is 264 g/mol. The van der Waals surface area contributed by atoms with Gasteiger partial charge in [0.05, 0.1) is 0 Å². The number of halogens is 1. The lowest BCUT2D eigenvalue weighted by Crippen LogP contribution is -2.47. The molecule has 0 aliphatic heterocycles. The molecule has 0 heterocycles. The maximum absolute atomic E-state index is 5.75. The van der Waals surface area contributed by atoms with Crippen LogP contribution < -0.4 is 5.73 Å². The van der Waals surface area contributed by atoms with E-state index in [2.05, 4.69) is 66.0 Å². The molecule has 90 valence electrons. The number of hydrogen-bond donors (Lipinski definition) is 1. The third-order valence-corrected chi connectivity index (χ3v) is 3.71. The normalized spacial score (nSPS) is 12.1. The Labute approximate surface area is 107 Å². The lowest BCUT2D eigenvalue weighted by molar-refractivity contribution is 0.166. The van der Waals surface area contributed by atoms with Gasteiger partial charge in [-0.05, 0) is 45.0 Å². The molecule has 0 aliphatic rings. The predicted octanol–water partition coefficient (Wildman–Crippen LogP) is 2.66. The summed E-state index contributed by atoms with van der Waals surface area (Å²) in [6.45, 7) is 6.07. The summed E-state index contributed by atoms with van der Waals surface area (Å²) in [5.41, 5.74) is 7.19. The number of nitrogens with two attached hydrogens (primary N) is 1. The Morgan fingerprint density at radius 3 is 2.31 bits per heavy atom. The van der Waals surface area contributed by atoms with Gasteiger partial charge >= 0.3 is 0 Å². The molecule has 1 rings (SSSR count). The second-order valence-electron chi connectivity index (χ2n) is 4.81. The molecule has 0 amide bonds. The summed E-state index contributed by atoms with van der Waals surface area (Å²) in [7, 11) is 2.13. The zero-order valence-corrected chi connectivity index (χ0v) is 11.9. The number of benzene rings is 1. The highest BCUT2D eigenvalue weighted by Gasteiger charge is 2.20. The minimum atomic E-state index is 0.0787. The van der Waals surface area contributed by atoms with Crippen molar-refractivity contribution in [3.05, 3.63) is 34.3 Å². The van der Waals surface area contributed by atoms with E-state index in [4.69, 9.17) is 5.73 Å². The van der Waals surface area contributed by atoms with Gasteiger partial charge in [0.25, 0.3) is 0 Å². The Kier molecular flexibility index (Phi) is 4.96. The Morgan fingerprint density at radius 2 is 1.81 bits per heavy atom. The monoisotopic (exact) mass is 284 g/mol. The fourth-order valence-corrected chi connectivity index (χ4v) is 1.67. The third-order valence-electron chi connectivity index (χ3n) is 3.18. The van der Waals surface area contributed by atoms with Gasteiger partial charge in [-0.25, -0.2) is 0 Å². The van der Waals surface area contributed by atoms with Gasteiger partial charge in [-0.3, -0.25) is 4.90 Å². The fraction of sp³-hybridized carbons (Fsp3) is 0.538. The molecule has 1 aromatic rings. The van der Waals surface area contributed by atoms with Crippen molar-refractivity contribution in [2.24, 2.45) is 5.73 Å². The van der Waals surface area contributed by atoms with Crippen LogP contribution in [0, 0.1) is 0 Å². The van der Waals surface area contributed by atoms with Crippen LogP contribution in [0.2, 0.25) is 0 Å². The summed E-state index contributed by atoms with van der Waals surface area (Å²) in [5, 5.41) is 0. The highest BCUT2D eigenvalue weighted by atomic mass is 79.9. The van der Waals surface area contributed by atoms with Crippen LogP contribution in [0.5, 0.6) is 0 Å². The number of rotatable bonds is 5. The van der Waals surface area contributed by atoms with Crippen molar-refractivity contribution < 1.29 is 0 Å². The summed E-state index contributed by atoms with van der Waals surface area (Å²) >= 11 is 3.44. The van der Waals surface area contributed by atoms with Crippen LogP contribution in [0.3, 0.4) is 0 Å². The molecule has 0 aliphatic carbocycles. The Bertz CT molecular complexity index is 319. The second kappa shape index (κ2) is 5.80. The van der Waals surface area contributed by atoms with Crippen molar-refractivity contribution in [1.82, 2.24) is 4.90 Å². The van der Waals surface area contributed by atoms with Gasteiger partial charge in [0.1, 0.15) is 0 Å². The van der Waals surface area contributed by atoms with E-state index in [1.165, 1.54) is 5.56 Å². The van der Waals surface area contributed by atoms with E-state index >= 15 is 0 Å². The molecule has 0 atom stereocenters. The number of hydrogen-bond acceptors (Lipinski definition) is 2. The first-order chi connectivity index (χ1) is 7.45. The number of likely N-dealkylation sites (N-methyl/N-ethyl adjacent to an activating group) is 1. The van der Waals surface area contributed by atoms with E-state index in [0.29, 0.717) is 6.54 Å². The minimum absolute atomic E-state index is 0.0787. The third kappa shape index (κ3) is 3.89. The first kappa shape index (κ1) is 13.7. The van der Waals surface area contributed by atoms with Crippen molar-refractivity contribution in [1.29, 1.82) is 0 Å². The smallest absolute Gasteiger partial charge is 0.0272 e. The SMILES string of the molecule is CN(CCc1ccc(Br)cc1)C(C)(C)CN. The Balaban J connectivity index is 2.49. The van der Waals surface area contributed by atoms with E-state index in [-0.39, 0.29) is 5.54 Å². The molecule has 3 heteroatoms. The van der Waals surface area contributed by atoms with E-state index in [9.17, 15) is 0 Å². The molecule has 0 radical (unpaired) electrons. The van der Waals surface area contributed by atoms with Crippen molar-refractivity contribution in [2.45, 2.75) is 25.8 Å². The predicted molar refractivity (Wildman–Crippen MR) is 73.6 cm³/mol. The van der Waals surface area contributed by atoms with Crippen LogP contribution >= 0.6 is 15.9 Å². The lowest BCUT2D eigenvalue weighted by atomic mass is 10.0. The summed E-state index contributed by atoms with van der Waals surface area (Å²) in [4.78, 5) is 2.31. The molecule has 0 saturated carbocycles. The average Bonchev–Trinajstić information content (AvgIpc) is 2.28. The van der Waals surface area contributed by atoms with Crippen LogP contribution in [0.1, 0.15) is 19.4 Å². The van der Waals surface area contributed by atoms with Crippen molar-refractivity contribution in [3.8, 4) is 0 Å². The molecule has 0 aromatic heterocycles. The molecular formula is C13H21BrN2. The molecule has 0 fully saturated rings. The van der Waals surface area contributed by atoms with Gasteiger partial charge in [0, 0.05) is 23.1 Å². The molecule has 2 nitrogen and oxygen atoms in total. The van der Waals surface area contributed by atoms with Crippen LogP contribution in [-0.2, 0) is 6.42 Å². The summed E-state index contributed by atoms with van der Waals surface area (Å²) in [6, 6.07) is 8.49. The quantitative estimate of drug-likeness (QED) is 0.901. The first-order valence-electron chi connectivity index (χ1n) is 5.61. The minimum Gasteiger partial charge on any atom is -0.329 e. The largest absolute Gasteiger partial charge is 0.329 e. The lowest BCUT2D eigenvalue weighted by Gasteiger charge is -2.34. The van der Waals surface area contributed by atoms with E-state index < -0.39 is 0 Å². The van der Waals surface area contributed by atoms with E-state index in [0.717, 1.165) is 17.4 Å². The zero-order chi connectivity index (χ0) is 12.2. The Morgan fingerprint density at radius 1 is 1.25 bits per heavy atom. The number of nitrogens with zero attached hydrogens (tertiary/aromatic N) is 1. The first-order valence-corrected chi connectivity index (χ1v) is 6.41. The second-order valence-corrected chi connectivity index (χ2v) is 5.73.